The molecule has 0 aliphatic rings. The summed E-state index contributed by atoms with van der Waals surface area (Å²) in [4.78, 5) is 3.26. The minimum absolute atomic E-state index is 0.169. The van der Waals surface area contributed by atoms with Gasteiger partial charge in [-0.2, -0.15) is 0 Å². The lowest BCUT2D eigenvalue weighted by Crippen LogP contribution is -1.77. The van der Waals surface area contributed by atoms with E-state index in [0.29, 0.717) is 11.4 Å². The first-order valence-electron chi connectivity index (χ1n) is 4.23. The van der Waals surface area contributed by atoms with Crippen LogP contribution in [0.5, 0.6) is 0 Å². The summed E-state index contributed by atoms with van der Waals surface area (Å²) < 4.78 is 6.28. The van der Waals surface area contributed by atoms with Crippen LogP contribution >= 0.6 is 15.9 Å². The van der Waals surface area contributed by atoms with Gasteiger partial charge in [-0.1, -0.05) is 28.1 Å². The lowest BCUT2D eigenvalue weighted by atomic mass is 10.2. The summed E-state index contributed by atoms with van der Waals surface area (Å²) in [6, 6.07) is 9.26. The fourth-order valence-electron chi connectivity index (χ4n) is 1.24. The molecule has 0 radical (unpaired) electrons. The van der Waals surface area contributed by atoms with E-state index in [2.05, 4.69) is 20.8 Å². The molecule has 0 bridgehead atoms. The van der Waals surface area contributed by atoms with Crippen molar-refractivity contribution in [3.05, 3.63) is 46.2 Å². The van der Waals surface area contributed by atoms with Crippen molar-refractivity contribution in [1.29, 1.82) is 0 Å². The summed E-state index contributed by atoms with van der Waals surface area (Å²) in [5.41, 5.74) is 6.79. The number of anilines is 1. The molecule has 1 aromatic carbocycles. The molecule has 74 valence electrons. The monoisotopic (exact) mass is 262 g/mol. The second-order valence-corrected chi connectivity index (χ2v) is 3.89. The highest BCUT2D eigenvalue weighted by Crippen LogP contribution is 2.33. The molecule has 0 spiro atoms. The van der Waals surface area contributed by atoms with E-state index in [0.717, 1.165) is 10.0 Å². The topological polar surface area (TPSA) is 43.5 Å². The van der Waals surface area contributed by atoms with Crippen LogP contribution in [0.3, 0.4) is 0 Å². The van der Waals surface area contributed by atoms with Crippen LogP contribution in [0.25, 0.3) is 16.2 Å². The van der Waals surface area contributed by atoms with Crippen molar-refractivity contribution in [3.8, 4) is 11.3 Å². The van der Waals surface area contributed by atoms with Gasteiger partial charge in [0.05, 0.1) is 6.57 Å². The normalized spacial score (nSPS) is 9.87. The standard InChI is InChI=1S/C11H7BrN2O/c1-14-9-6-10(15-11(9)13)7-2-4-8(12)5-3-7/h2-6H,13H2. The molecule has 0 saturated heterocycles. The van der Waals surface area contributed by atoms with E-state index in [1.807, 2.05) is 24.3 Å². The van der Waals surface area contributed by atoms with E-state index >= 15 is 0 Å². The van der Waals surface area contributed by atoms with Gasteiger partial charge in [0, 0.05) is 10.0 Å². The first-order chi connectivity index (χ1) is 7.20. The number of nitrogens with two attached hydrogens (primary N) is 1. The molecular formula is C11H7BrN2O. The van der Waals surface area contributed by atoms with Gasteiger partial charge in [0.2, 0.25) is 5.69 Å². The van der Waals surface area contributed by atoms with Crippen molar-refractivity contribution < 1.29 is 4.42 Å². The van der Waals surface area contributed by atoms with Gasteiger partial charge in [-0.25, -0.2) is 4.85 Å². The quantitative estimate of drug-likeness (QED) is 0.794. The van der Waals surface area contributed by atoms with Crippen LogP contribution in [0.1, 0.15) is 0 Å². The van der Waals surface area contributed by atoms with Crippen LogP contribution in [-0.2, 0) is 0 Å². The van der Waals surface area contributed by atoms with Gasteiger partial charge >= 0.3 is 0 Å². The van der Waals surface area contributed by atoms with Crippen molar-refractivity contribution in [2.24, 2.45) is 0 Å². The highest BCUT2D eigenvalue weighted by Gasteiger charge is 2.09. The Morgan fingerprint density at radius 2 is 1.93 bits per heavy atom. The summed E-state index contributed by atoms with van der Waals surface area (Å²) >= 11 is 3.35. The molecule has 0 saturated carbocycles. The molecule has 2 aromatic rings. The Kier molecular flexibility index (Phi) is 2.48. The summed E-state index contributed by atoms with van der Waals surface area (Å²) in [6.45, 7) is 6.87. The third-order valence-electron chi connectivity index (χ3n) is 1.99. The Balaban J connectivity index is 2.46. The van der Waals surface area contributed by atoms with Gasteiger partial charge in [-0.05, 0) is 18.2 Å². The number of halogens is 1. The largest absolute Gasteiger partial charge is 0.452 e. The SMILES string of the molecule is [C-]#[N+]c1cc(-c2ccc(Br)cc2)oc1N. The molecule has 1 heterocycles. The van der Waals surface area contributed by atoms with E-state index in [1.165, 1.54) is 0 Å². The number of furan rings is 1. The second-order valence-electron chi connectivity index (χ2n) is 2.98. The Morgan fingerprint density at radius 3 is 2.47 bits per heavy atom. The fraction of sp³-hybridized carbons (Fsp3) is 0. The zero-order valence-corrected chi connectivity index (χ0v) is 9.28. The predicted octanol–water partition coefficient (Wildman–Crippen LogP) is 3.84. The van der Waals surface area contributed by atoms with Gasteiger partial charge in [0.1, 0.15) is 5.76 Å². The molecule has 3 nitrogen and oxygen atoms in total. The van der Waals surface area contributed by atoms with Gasteiger partial charge in [0.15, 0.2) is 5.88 Å². The first kappa shape index (κ1) is 9.81. The van der Waals surface area contributed by atoms with Crippen LogP contribution < -0.4 is 5.73 Å². The summed E-state index contributed by atoms with van der Waals surface area (Å²) in [5.74, 6) is 0.786. The maximum Gasteiger partial charge on any atom is 0.248 e. The van der Waals surface area contributed by atoms with E-state index in [9.17, 15) is 0 Å². The van der Waals surface area contributed by atoms with Crippen molar-refractivity contribution in [2.45, 2.75) is 0 Å². The second kappa shape index (κ2) is 3.79. The minimum Gasteiger partial charge on any atom is -0.452 e. The average Bonchev–Trinajstić information content (AvgIpc) is 2.61. The Hall–Kier alpha value is -1.73. The number of benzene rings is 1. The Labute approximate surface area is 95.5 Å². The zero-order chi connectivity index (χ0) is 10.8. The Bertz CT molecular complexity index is 523. The average molecular weight is 263 g/mol. The van der Waals surface area contributed by atoms with Crippen LogP contribution in [0.2, 0.25) is 0 Å². The molecule has 1 aromatic heterocycles. The first-order valence-corrected chi connectivity index (χ1v) is 5.02. The fourth-order valence-corrected chi connectivity index (χ4v) is 1.50. The van der Waals surface area contributed by atoms with Gasteiger partial charge in [0.25, 0.3) is 0 Å². The molecule has 2 N–H and O–H groups in total. The van der Waals surface area contributed by atoms with E-state index in [-0.39, 0.29) is 5.88 Å². The number of hydrogen-bond donors (Lipinski definition) is 1. The van der Waals surface area contributed by atoms with Crippen LogP contribution in [-0.4, -0.2) is 0 Å². The lowest BCUT2D eigenvalue weighted by Gasteiger charge is -1.96. The van der Waals surface area contributed by atoms with E-state index in [4.69, 9.17) is 16.7 Å². The van der Waals surface area contributed by atoms with Crippen LogP contribution in [0, 0.1) is 6.57 Å². The van der Waals surface area contributed by atoms with Crippen molar-refractivity contribution in [3.63, 3.8) is 0 Å². The Morgan fingerprint density at radius 1 is 1.27 bits per heavy atom. The third-order valence-corrected chi connectivity index (χ3v) is 2.52. The number of nitrogens with zero attached hydrogens (tertiary/aromatic N) is 1. The van der Waals surface area contributed by atoms with Gasteiger partial charge in [-0.15, -0.1) is 0 Å². The highest BCUT2D eigenvalue weighted by molar-refractivity contribution is 9.10. The predicted molar refractivity (Wildman–Crippen MR) is 62.5 cm³/mol. The molecule has 15 heavy (non-hydrogen) atoms. The van der Waals surface area contributed by atoms with Crippen molar-refractivity contribution in [1.82, 2.24) is 0 Å². The molecule has 0 unspecified atom stereocenters. The van der Waals surface area contributed by atoms with E-state index in [1.54, 1.807) is 6.07 Å². The van der Waals surface area contributed by atoms with E-state index < -0.39 is 0 Å². The summed E-state index contributed by atoms with van der Waals surface area (Å²) in [7, 11) is 0. The molecule has 0 amide bonds. The third kappa shape index (κ3) is 1.88. The molecule has 0 fully saturated rings. The number of hydrogen-bond acceptors (Lipinski definition) is 2. The smallest absolute Gasteiger partial charge is 0.248 e. The highest BCUT2D eigenvalue weighted by atomic mass is 79.9. The van der Waals surface area contributed by atoms with Crippen molar-refractivity contribution in [2.75, 3.05) is 5.73 Å². The van der Waals surface area contributed by atoms with Crippen LogP contribution in [0.4, 0.5) is 11.6 Å². The number of nitrogen functional groups attached to an aromatic ring is 1. The molecule has 4 heteroatoms. The zero-order valence-electron chi connectivity index (χ0n) is 7.70. The lowest BCUT2D eigenvalue weighted by molar-refractivity contribution is 0.604. The molecule has 0 aliphatic heterocycles. The summed E-state index contributed by atoms with van der Waals surface area (Å²) in [5, 5.41) is 0. The summed E-state index contributed by atoms with van der Waals surface area (Å²) in [6.07, 6.45) is 0. The number of rotatable bonds is 1. The maximum atomic E-state index is 6.87. The van der Waals surface area contributed by atoms with Gasteiger partial charge in [-0.3, -0.25) is 0 Å². The molecule has 0 atom stereocenters. The minimum atomic E-state index is 0.169. The van der Waals surface area contributed by atoms with Crippen molar-refractivity contribution >= 4 is 27.5 Å². The van der Waals surface area contributed by atoms with Crippen LogP contribution in [0.15, 0.2) is 39.2 Å². The molecule has 2 rings (SSSR count). The van der Waals surface area contributed by atoms with Gasteiger partial charge < -0.3 is 10.2 Å². The molecule has 0 aliphatic carbocycles. The molecular weight excluding hydrogens is 256 g/mol. The maximum absolute atomic E-state index is 6.87.